The van der Waals surface area contributed by atoms with E-state index in [4.69, 9.17) is 39.5 Å². The number of aryl methyl sites for hydroxylation is 1. The molecule has 1 amide bonds. The first kappa shape index (κ1) is 29.6. The van der Waals surface area contributed by atoms with Crippen molar-refractivity contribution in [3.05, 3.63) is 98.9 Å². The Labute approximate surface area is 257 Å². The molecular weight excluding hydrogens is 579 g/mol. The molecule has 1 aromatic heterocycles. The number of anilines is 1. The van der Waals surface area contributed by atoms with Gasteiger partial charge in [-0.2, -0.15) is 0 Å². The van der Waals surface area contributed by atoms with Gasteiger partial charge in [0.1, 0.15) is 18.4 Å². The van der Waals surface area contributed by atoms with Crippen LogP contribution in [0.2, 0.25) is 15.1 Å². The van der Waals surface area contributed by atoms with E-state index >= 15 is 0 Å². The lowest BCUT2D eigenvalue weighted by Crippen LogP contribution is -2.47. The summed E-state index contributed by atoms with van der Waals surface area (Å²) in [5.74, 6) is 1.18. The summed E-state index contributed by atoms with van der Waals surface area (Å²) in [6.07, 6.45) is 9.29. The minimum atomic E-state index is -0.485. The van der Waals surface area contributed by atoms with Crippen molar-refractivity contribution >= 4 is 46.4 Å². The molecule has 216 valence electrons. The molecule has 2 aromatic carbocycles. The van der Waals surface area contributed by atoms with Gasteiger partial charge in [-0.15, -0.1) is 0 Å². The van der Waals surface area contributed by atoms with Gasteiger partial charge in [-0.25, -0.2) is 0 Å². The van der Waals surface area contributed by atoms with Gasteiger partial charge in [0.2, 0.25) is 5.91 Å². The minimum absolute atomic E-state index is 0.0511. The second-order valence-corrected chi connectivity index (χ2v) is 11.9. The summed E-state index contributed by atoms with van der Waals surface area (Å²) in [5.41, 5.74) is 3.76. The maximum absolute atomic E-state index is 13.9. The Morgan fingerprint density at radius 1 is 1.05 bits per heavy atom. The van der Waals surface area contributed by atoms with Crippen LogP contribution in [-0.4, -0.2) is 59.5 Å². The minimum Gasteiger partial charge on any atom is -0.491 e. The van der Waals surface area contributed by atoms with Crippen molar-refractivity contribution in [1.82, 2.24) is 14.8 Å². The zero-order chi connectivity index (χ0) is 28.8. The van der Waals surface area contributed by atoms with Gasteiger partial charge in [-0.05, 0) is 85.8 Å². The average molecular weight is 614 g/mol. The summed E-state index contributed by atoms with van der Waals surface area (Å²) < 4.78 is 6.23. The molecule has 0 unspecified atom stereocenters. The van der Waals surface area contributed by atoms with Crippen molar-refractivity contribution in [2.45, 2.75) is 44.6 Å². The second kappa shape index (κ2) is 13.8. The first-order chi connectivity index (χ1) is 19.9. The van der Waals surface area contributed by atoms with Crippen LogP contribution in [0.4, 0.5) is 5.69 Å². The Morgan fingerprint density at radius 3 is 2.56 bits per heavy atom. The Hall–Kier alpha value is -2.93. The van der Waals surface area contributed by atoms with Gasteiger partial charge in [0.15, 0.2) is 0 Å². The average Bonchev–Trinajstić information content (AvgIpc) is 3.48. The van der Waals surface area contributed by atoms with Crippen molar-refractivity contribution < 1.29 is 9.53 Å². The van der Waals surface area contributed by atoms with Gasteiger partial charge in [-0.3, -0.25) is 9.78 Å². The Morgan fingerprint density at radius 2 is 1.83 bits per heavy atom. The molecule has 1 atom stereocenters. The van der Waals surface area contributed by atoms with Gasteiger partial charge < -0.3 is 19.9 Å². The number of carbonyl (C=O) groups is 1. The first-order valence-electron chi connectivity index (χ1n) is 14.1. The lowest BCUT2D eigenvalue weighted by atomic mass is 9.88. The van der Waals surface area contributed by atoms with E-state index in [0.29, 0.717) is 41.2 Å². The van der Waals surface area contributed by atoms with Crippen molar-refractivity contribution in [2.24, 2.45) is 0 Å². The molecule has 3 aromatic rings. The molecule has 41 heavy (non-hydrogen) atoms. The van der Waals surface area contributed by atoms with Gasteiger partial charge in [0.25, 0.3) is 0 Å². The number of piperidine rings is 1. The predicted molar refractivity (Wildman–Crippen MR) is 167 cm³/mol. The third kappa shape index (κ3) is 7.88. The van der Waals surface area contributed by atoms with Gasteiger partial charge in [-0.1, -0.05) is 53.0 Å². The number of rotatable bonds is 10. The van der Waals surface area contributed by atoms with E-state index in [2.05, 4.69) is 33.5 Å². The maximum atomic E-state index is 13.9. The number of nitrogens with one attached hydrogen (secondary N) is 1. The molecule has 1 N–H and O–H groups in total. The summed E-state index contributed by atoms with van der Waals surface area (Å²) in [4.78, 5) is 22.4. The fourth-order valence-corrected chi connectivity index (χ4v) is 6.19. The summed E-state index contributed by atoms with van der Waals surface area (Å²) in [5, 5.41) is 5.23. The van der Waals surface area contributed by atoms with Gasteiger partial charge in [0, 0.05) is 58.7 Å². The molecule has 0 aliphatic carbocycles. The number of amides is 1. The molecule has 9 heteroatoms. The molecule has 2 aliphatic heterocycles. The quantitative estimate of drug-likeness (QED) is 0.259. The summed E-state index contributed by atoms with van der Waals surface area (Å²) in [6, 6.07) is 14.7. The van der Waals surface area contributed by atoms with Crippen LogP contribution < -0.4 is 10.1 Å². The standard InChI is InChI=1S/C32H35Cl3N4O2/c1-22-18-27(8-11-36-22)37-30(19-24-4-5-25(33)20-29(24)35)32(40)39-14-9-23(10-15-39)28-7-6-26(34)21-31(28)41-17-16-38-12-2-3-13-38/h2,4-8,11-12,18,20-21,23,30H,3,9-10,13-17,19H2,1H3,(H,36,37)/t30-/m1/s1. The number of pyridine rings is 1. The summed E-state index contributed by atoms with van der Waals surface area (Å²) >= 11 is 19.0. The van der Waals surface area contributed by atoms with Crippen LogP contribution in [0.5, 0.6) is 5.75 Å². The molecular formula is C32H35Cl3N4O2. The van der Waals surface area contributed by atoms with Crippen molar-refractivity contribution in [3.63, 3.8) is 0 Å². The van der Waals surface area contributed by atoms with Crippen LogP contribution in [0.1, 0.15) is 42.0 Å². The monoisotopic (exact) mass is 612 g/mol. The molecule has 0 saturated carbocycles. The fraction of sp³-hybridized carbons (Fsp3) is 0.375. The molecule has 1 saturated heterocycles. The van der Waals surface area contributed by atoms with Crippen LogP contribution >= 0.6 is 34.8 Å². The number of nitrogens with zero attached hydrogens (tertiary/aromatic N) is 3. The third-order valence-corrected chi connectivity index (χ3v) is 8.55. The maximum Gasteiger partial charge on any atom is 0.245 e. The first-order valence-corrected chi connectivity index (χ1v) is 15.2. The van der Waals surface area contributed by atoms with E-state index in [0.717, 1.165) is 60.6 Å². The number of halogens is 3. The zero-order valence-corrected chi connectivity index (χ0v) is 25.4. The number of ether oxygens (including phenoxy) is 1. The molecule has 0 radical (unpaired) electrons. The number of likely N-dealkylation sites (tertiary alicyclic amines) is 1. The van der Waals surface area contributed by atoms with Crippen molar-refractivity contribution in [2.75, 3.05) is 38.1 Å². The van der Waals surface area contributed by atoms with Crippen LogP contribution in [0.25, 0.3) is 0 Å². The van der Waals surface area contributed by atoms with E-state index in [9.17, 15) is 4.79 Å². The third-order valence-electron chi connectivity index (χ3n) is 7.73. The fourth-order valence-electron chi connectivity index (χ4n) is 5.54. The van der Waals surface area contributed by atoms with E-state index in [1.807, 2.05) is 42.2 Å². The van der Waals surface area contributed by atoms with Crippen molar-refractivity contribution in [1.29, 1.82) is 0 Å². The zero-order valence-electron chi connectivity index (χ0n) is 23.2. The van der Waals surface area contributed by atoms with Crippen molar-refractivity contribution in [3.8, 4) is 5.75 Å². The van der Waals surface area contributed by atoms with Crippen LogP contribution in [-0.2, 0) is 11.2 Å². The smallest absolute Gasteiger partial charge is 0.245 e. The molecule has 6 nitrogen and oxygen atoms in total. The summed E-state index contributed by atoms with van der Waals surface area (Å²) in [7, 11) is 0. The highest BCUT2D eigenvalue weighted by Gasteiger charge is 2.30. The van der Waals surface area contributed by atoms with E-state index < -0.39 is 6.04 Å². The molecule has 5 rings (SSSR count). The molecule has 0 bridgehead atoms. The highest BCUT2D eigenvalue weighted by Crippen LogP contribution is 2.36. The molecule has 2 aliphatic rings. The number of aromatic nitrogens is 1. The molecule has 0 spiro atoms. The van der Waals surface area contributed by atoms with E-state index in [-0.39, 0.29) is 11.8 Å². The number of hydrogen-bond acceptors (Lipinski definition) is 5. The predicted octanol–water partition coefficient (Wildman–Crippen LogP) is 7.38. The van der Waals surface area contributed by atoms with E-state index in [1.165, 1.54) is 0 Å². The SMILES string of the molecule is Cc1cc(N[C@H](Cc2ccc(Cl)cc2Cl)C(=O)N2CCC(c3ccc(Cl)cc3OCCN3C=CCC3)CC2)ccn1. The lowest BCUT2D eigenvalue weighted by Gasteiger charge is -2.35. The largest absolute Gasteiger partial charge is 0.491 e. The second-order valence-electron chi connectivity index (χ2n) is 10.7. The lowest BCUT2D eigenvalue weighted by molar-refractivity contribution is -0.133. The summed E-state index contributed by atoms with van der Waals surface area (Å²) in [6.45, 7) is 5.74. The van der Waals surface area contributed by atoms with Crippen LogP contribution in [0.15, 0.2) is 67.0 Å². The molecule has 3 heterocycles. The Balaban J connectivity index is 1.26. The number of hydrogen-bond donors (Lipinski definition) is 1. The Kier molecular flexibility index (Phi) is 9.97. The Bertz CT molecular complexity index is 1390. The normalized spacial score (nSPS) is 16.2. The van der Waals surface area contributed by atoms with Gasteiger partial charge in [0.05, 0.1) is 6.54 Å². The highest BCUT2D eigenvalue weighted by atomic mass is 35.5. The topological polar surface area (TPSA) is 57.7 Å². The number of carbonyl (C=O) groups excluding carboxylic acids is 1. The molecule has 1 fully saturated rings. The highest BCUT2D eigenvalue weighted by molar-refractivity contribution is 6.35. The van der Waals surface area contributed by atoms with Crippen LogP contribution in [0.3, 0.4) is 0 Å². The van der Waals surface area contributed by atoms with Crippen LogP contribution in [0, 0.1) is 6.92 Å². The number of benzene rings is 2. The van der Waals surface area contributed by atoms with Gasteiger partial charge >= 0.3 is 0 Å². The van der Waals surface area contributed by atoms with E-state index in [1.54, 1.807) is 18.3 Å².